The maximum absolute atomic E-state index is 6.10. The van der Waals surface area contributed by atoms with Crippen LogP contribution in [0, 0.1) is 5.92 Å². The van der Waals surface area contributed by atoms with Crippen LogP contribution in [-0.4, -0.2) is 43.8 Å². The van der Waals surface area contributed by atoms with E-state index >= 15 is 0 Å². The van der Waals surface area contributed by atoms with E-state index in [0.29, 0.717) is 6.54 Å². The van der Waals surface area contributed by atoms with E-state index in [2.05, 4.69) is 31.0 Å². The zero-order chi connectivity index (χ0) is 15.3. The molecule has 1 aromatic rings. The lowest BCUT2D eigenvalue weighted by Gasteiger charge is -2.41. The second-order valence-electron chi connectivity index (χ2n) is 6.44. The lowest BCUT2D eigenvalue weighted by Crippen LogP contribution is -2.53. The van der Waals surface area contributed by atoms with Gasteiger partial charge in [0.25, 0.3) is 0 Å². The highest BCUT2D eigenvalue weighted by Gasteiger charge is 2.30. The second kappa shape index (κ2) is 7.59. The van der Waals surface area contributed by atoms with E-state index in [9.17, 15) is 0 Å². The first kappa shape index (κ1) is 16.8. The molecule has 0 aliphatic carbocycles. The van der Waals surface area contributed by atoms with E-state index in [4.69, 9.17) is 22.1 Å². The van der Waals surface area contributed by atoms with Gasteiger partial charge >= 0.3 is 0 Å². The number of likely N-dealkylation sites (N-methyl/N-ethyl adjacent to an activating group) is 1. The summed E-state index contributed by atoms with van der Waals surface area (Å²) in [7, 11) is 2.19. The summed E-state index contributed by atoms with van der Waals surface area (Å²) in [5, 5.41) is 0.781. The smallest absolute Gasteiger partial charge is 0.0469 e. The van der Waals surface area contributed by atoms with Crippen molar-refractivity contribution < 1.29 is 4.74 Å². The van der Waals surface area contributed by atoms with E-state index < -0.39 is 0 Å². The number of nitrogens with zero attached hydrogens (tertiary/aromatic N) is 1. The summed E-state index contributed by atoms with van der Waals surface area (Å²) in [6.07, 6.45) is 3.26. The molecule has 118 valence electrons. The summed E-state index contributed by atoms with van der Waals surface area (Å²) in [4.78, 5) is 2.43. The van der Waals surface area contributed by atoms with Gasteiger partial charge in [0, 0.05) is 36.9 Å². The fraction of sp³-hybridized carbons (Fsp3) is 0.647. The Labute approximate surface area is 133 Å². The van der Waals surface area contributed by atoms with Crippen molar-refractivity contribution in [3.8, 4) is 0 Å². The normalized spacial score (nSPS) is 19.7. The van der Waals surface area contributed by atoms with Gasteiger partial charge in [-0.3, -0.25) is 4.90 Å². The monoisotopic (exact) mass is 310 g/mol. The highest BCUT2D eigenvalue weighted by atomic mass is 35.5. The molecule has 0 bridgehead atoms. The Hall–Kier alpha value is -0.610. The lowest BCUT2D eigenvalue weighted by atomic mass is 9.89. The van der Waals surface area contributed by atoms with Crippen LogP contribution in [0.3, 0.4) is 0 Å². The number of benzene rings is 1. The summed E-state index contributed by atoms with van der Waals surface area (Å²) >= 11 is 5.96. The lowest BCUT2D eigenvalue weighted by molar-refractivity contribution is 0.0379. The molecule has 1 unspecified atom stereocenters. The molecule has 0 spiro atoms. The molecule has 1 fully saturated rings. The van der Waals surface area contributed by atoms with Gasteiger partial charge < -0.3 is 10.5 Å². The summed E-state index contributed by atoms with van der Waals surface area (Å²) < 4.78 is 5.44. The van der Waals surface area contributed by atoms with Crippen LogP contribution in [0.25, 0.3) is 0 Å². The van der Waals surface area contributed by atoms with Gasteiger partial charge in [-0.15, -0.1) is 0 Å². The van der Waals surface area contributed by atoms with Crippen molar-refractivity contribution in [1.82, 2.24) is 4.90 Å². The van der Waals surface area contributed by atoms with Crippen LogP contribution < -0.4 is 5.73 Å². The fourth-order valence-corrected chi connectivity index (χ4v) is 3.07. The molecule has 21 heavy (non-hydrogen) atoms. The van der Waals surface area contributed by atoms with Gasteiger partial charge in [-0.05, 0) is 56.8 Å². The highest BCUT2D eigenvalue weighted by Crippen LogP contribution is 2.24. The predicted octanol–water partition coefficient (Wildman–Crippen LogP) is 2.96. The zero-order valence-corrected chi connectivity index (χ0v) is 13.9. The summed E-state index contributed by atoms with van der Waals surface area (Å²) in [6, 6.07) is 8.09. The molecule has 1 saturated heterocycles. The number of nitrogens with two attached hydrogens (primary N) is 1. The molecule has 4 heteroatoms. The zero-order valence-electron chi connectivity index (χ0n) is 13.1. The topological polar surface area (TPSA) is 38.5 Å². The van der Waals surface area contributed by atoms with E-state index in [0.717, 1.165) is 50.0 Å². The Morgan fingerprint density at radius 2 is 1.90 bits per heavy atom. The third-order valence-electron chi connectivity index (χ3n) is 4.73. The first-order chi connectivity index (χ1) is 10.0. The Balaban J connectivity index is 1.99. The summed E-state index contributed by atoms with van der Waals surface area (Å²) in [6.45, 7) is 5.78. The Morgan fingerprint density at radius 1 is 1.29 bits per heavy atom. The SMILES string of the molecule is CN(CC1CCOCC1)C(C)(CN)Cc1ccc(Cl)cc1. The van der Waals surface area contributed by atoms with Crippen molar-refractivity contribution in [2.75, 3.05) is 33.4 Å². The van der Waals surface area contributed by atoms with Crippen molar-refractivity contribution in [1.29, 1.82) is 0 Å². The third kappa shape index (κ3) is 4.68. The Kier molecular flexibility index (Phi) is 6.06. The highest BCUT2D eigenvalue weighted by molar-refractivity contribution is 6.30. The van der Waals surface area contributed by atoms with Crippen molar-refractivity contribution in [3.63, 3.8) is 0 Å². The average molecular weight is 311 g/mol. The van der Waals surface area contributed by atoms with Crippen molar-refractivity contribution in [2.45, 2.75) is 31.7 Å². The third-order valence-corrected chi connectivity index (χ3v) is 4.98. The molecule has 1 heterocycles. The van der Waals surface area contributed by atoms with Gasteiger partial charge in [-0.2, -0.15) is 0 Å². The average Bonchev–Trinajstić information content (AvgIpc) is 2.50. The molecule has 1 aliphatic heterocycles. The van der Waals surface area contributed by atoms with E-state index in [1.807, 2.05) is 12.1 Å². The molecule has 0 radical (unpaired) electrons. The van der Waals surface area contributed by atoms with Crippen LogP contribution in [0.4, 0.5) is 0 Å². The van der Waals surface area contributed by atoms with Crippen molar-refractivity contribution in [3.05, 3.63) is 34.9 Å². The molecule has 0 saturated carbocycles. The fourth-order valence-electron chi connectivity index (χ4n) is 2.94. The molecular weight excluding hydrogens is 284 g/mol. The standard InChI is InChI=1S/C17H27ClN2O/c1-17(13-19,11-14-3-5-16(18)6-4-14)20(2)12-15-7-9-21-10-8-15/h3-6,15H,7-13,19H2,1-2H3. The quantitative estimate of drug-likeness (QED) is 0.878. The predicted molar refractivity (Wildman–Crippen MR) is 88.8 cm³/mol. The van der Waals surface area contributed by atoms with Crippen LogP contribution in [-0.2, 0) is 11.2 Å². The van der Waals surface area contributed by atoms with Gasteiger partial charge in [0.15, 0.2) is 0 Å². The van der Waals surface area contributed by atoms with Gasteiger partial charge in [0.1, 0.15) is 0 Å². The van der Waals surface area contributed by atoms with E-state index in [1.54, 1.807) is 0 Å². The second-order valence-corrected chi connectivity index (χ2v) is 6.88. The van der Waals surface area contributed by atoms with Gasteiger partial charge in [0.05, 0.1) is 0 Å². The van der Waals surface area contributed by atoms with Crippen LogP contribution in [0.2, 0.25) is 5.02 Å². The molecule has 1 aromatic carbocycles. The number of halogens is 1. The maximum atomic E-state index is 6.10. The summed E-state index contributed by atoms with van der Waals surface area (Å²) in [5.74, 6) is 0.722. The molecule has 0 amide bonds. The number of rotatable bonds is 6. The largest absolute Gasteiger partial charge is 0.381 e. The minimum atomic E-state index is -0.0217. The van der Waals surface area contributed by atoms with Gasteiger partial charge in [-0.25, -0.2) is 0 Å². The van der Waals surface area contributed by atoms with Crippen LogP contribution >= 0.6 is 11.6 Å². The molecule has 1 atom stereocenters. The number of ether oxygens (including phenoxy) is 1. The van der Waals surface area contributed by atoms with Gasteiger partial charge in [0.2, 0.25) is 0 Å². The maximum Gasteiger partial charge on any atom is 0.0469 e. The molecule has 0 aromatic heterocycles. The molecule has 3 nitrogen and oxygen atoms in total. The van der Waals surface area contributed by atoms with E-state index in [1.165, 1.54) is 5.56 Å². The van der Waals surface area contributed by atoms with Crippen molar-refractivity contribution >= 4 is 11.6 Å². The minimum Gasteiger partial charge on any atom is -0.381 e. The first-order valence-electron chi connectivity index (χ1n) is 7.77. The van der Waals surface area contributed by atoms with Crippen LogP contribution in [0.1, 0.15) is 25.3 Å². The molecule has 1 aliphatic rings. The molecule has 2 N–H and O–H groups in total. The summed E-state index contributed by atoms with van der Waals surface area (Å²) in [5.41, 5.74) is 7.36. The first-order valence-corrected chi connectivity index (χ1v) is 8.15. The number of hydrogen-bond acceptors (Lipinski definition) is 3. The van der Waals surface area contributed by atoms with Crippen LogP contribution in [0.5, 0.6) is 0 Å². The van der Waals surface area contributed by atoms with Crippen molar-refractivity contribution in [2.24, 2.45) is 11.7 Å². The number of hydrogen-bond donors (Lipinski definition) is 1. The minimum absolute atomic E-state index is 0.0217. The Bertz CT molecular complexity index is 431. The molecule has 2 rings (SSSR count). The van der Waals surface area contributed by atoms with Gasteiger partial charge in [-0.1, -0.05) is 23.7 Å². The van der Waals surface area contributed by atoms with Crippen LogP contribution in [0.15, 0.2) is 24.3 Å². The molecular formula is C17H27ClN2O. The van der Waals surface area contributed by atoms with E-state index in [-0.39, 0.29) is 5.54 Å². The Morgan fingerprint density at radius 3 is 2.48 bits per heavy atom.